The third-order valence-electron chi connectivity index (χ3n) is 3.57. The first-order valence-electron chi connectivity index (χ1n) is 6.58. The smallest absolute Gasteiger partial charge is 0.346 e. The quantitative estimate of drug-likeness (QED) is 0.790. The maximum atomic E-state index is 12.0. The van der Waals surface area contributed by atoms with Crippen LogP contribution in [0.15, 0.2) is 0 Å². The zero-order valence-corrected chi connectivity index (χ0v) is 11.4. The Morgan fingerprint density at radius 1 is 1.42 bits per heavy atom. The molecular weight excluding hydrogens is 259 g/mol. The fraction of sp³-hybridized carbons (Fsp3) is 0.917. The number of rotatable bonds is 5. The van der Waals surface area contributed by atoms with Gasteiger partial charge in [0.1, 0.15) is 6.54 Å². The van der Waals surface area contributed by atoms with Crippen LogP contribution in [-0.4, -0.2) is 56.3 Å². The molecule has 1 rings (SSSR count). The summed E-state index contributed by atoms with van der Waals surface area (Å²) in [7, 11) is 1.92. The highest BCUT2D eigenvalue weighted by molar-refractivity contribution is 5.78. The van der Waals surface area contributed by atoms with Crippen LogP contribution in [-0.2, 0) is 4.79 Å². The molecule has 0 radical (unpaired) electrons. The number of halogens is 3. The van der Waals surface area contributed by atoms with Crippen molar-refractivity contribution >= 4 is 5.91 Å². The molecule has 0 aromatic heterocycles. The Kier molecular flexibility index (Phi) is 6.06. The van der Waals surface area contributed by atoms with Crippen LogP contribution in [0.1, 0.15) is 19.8 Å². The number of carbonyl (C=O) groups is 1. The number of hydrogen-bond donors (Lipinski definition) is 2. The molecule has 2 unspecified atom stereocenters. The molecule has 2 atom stereocenters. The van der Waals surface area contributed by atoms with E-state index in [1.807, 2.05) is 17.3 Å². The van der Waals surface area contributed by atoms with Crippen molar-refractivity contribution in [1.29, 1.82) is 0 Å². The third kappa shape index (κ3) is 5.78. The average molecular weight is 281 g/mol. The molecule has 0 saturated carbocycles. The standard InChI is InChI=1S/C12H22F3N3O/c1-3-9-6-18(5-4-10(9)16-2)7-11(19)17-8-12(13,14)15/h9-10,16H,3-8H2,1-2H3,(H,17,19). The second kappa shape index (κ2) is 7.09. The Bertz CT molecular complexity index is 296. The summed E-state index contributed by atoms with van der Waals surface area (Å²) >= 11 is 0. The summed E-state index contributed by atoms with van der Waals surface area (Å²) in [5.74, 6) is -0.121. The topological polar surface area (TPSA) is 44.4 Å². The highest BCUT2D eigenvalue weighted by atomic mass is 19.4. The van der Waals surface area contributed by atoms with E-state index in [9.17, 15) is 18.0 Å². The first-order chi connectivity index (χ1) is 8.85. The van der Waals surface area contributed by atoms with Crippen LogP contribution in [0.5, 0.6) is 0 Å². The molecule has 0 aliphatic carbocycles. The summed E-state index contributed by atoms with van der Waals surface area (Å²) in [5, 5.41) is 5.15. The predicted molar refractivity (Wildman–Crippen MR) is 66.8 cm³/mol. The van der Waals surface area contributed by atoms with Crippen molar-refractivity contribution in [2.75, 3.05) is 33.2 Å². The number of hydrogen-bond acceptors (Lipinski definition) is 3. The van der Waals surface area contributed by atoms with Gasteiger partial charge in [-0.15, -0.1) is 0 Å². The maximum Gasteiger partial charge on any atom is 0.405 e. The molecule has 0 aromatic carbocycles. The summed E-state index contributed by atoms with van der Waals surface area (Å²) in [4.78, 5) is 13.4. The van der Waals surface area contributed by atoms with Crippen LogP contribution >= 0.6 is 0 Å². The van der Waals surface area contributed by atoms with Crippen LogP contribution in [0.25, 0.3) is 0 Å². The summed E-state index contributed by atoms with van der Waals surface area (Å²) < 4.78 is 35.9. The largest absolute Gasteiger partial charge is 0.405 e. The number of amides is 1. The minimum Gasteiger partial charge on any atom is -0.346 e. The predicted octanol–water partition coefficient (Wildman–Crippen LogP) is 0.985. The summed E-state index contributed by atoms with van der Waals surface area (Å²) in [6, 6.07) is 0.430. The van der Waals surface area contributed by atoms with Crippen LogP contribution in [0.3, 0.4) is 0 Å². The summed E-state index contributed by atoms with van der Waals surface area (Å²) in [6.07, 6.45) is -2.44. The van der Waals surface area contributed by atoms with Gasteiger partial charge in [0.25, 0.3) is 0 Å². The fourth-order valence-corrected chi connectivity index (χ4v) is 2.50. The van der Waals surface area contributed by atoms with E-state index in [0.29, 0.717) is 12.0 Å². The first kappa shape index (κ1) is 16.2. The van der Waals surface area contributed by atoms with Crippen molar-refractivity contribution in [3.8, 4) is 0 Å². The zero-order chi connectivity index (χ0) is 14.5. The minimum absolute atomic E-state index is 0.0447. The highest BCUT2D eigenvalue weighted by Crippen LogP contribution is 2.19. The Labute approximate surface area is 111 Å². The number of likely N-dealkylation sites (tertiary alicyclic amines) is 1. The van der Waals surface area contributed by atoms with Crippen molar-refractivity contribution in [1.82, 2.24) is 15.5 Å². The van der Waals surface area contributed by atoms with Gasteiger partial charge in [0.15, 0.2) is 0 Å². The van der Waals surface area contributed by atoms with E-state index in [2.05, 4.69) is 12.2 Å². The number of carbonyl (C=O) groups excluding carboxylic acids is 1. The zero-order valence-electron chi connectivity index (χ0n) is 11.4. The minimum atomic E-state index is -4.35. The monoisotopic (exact) mass is 281 g/mol. The van der Waals surface area contributed by atoms with E-state index >= 15 is 0 Å². The molecule has 1 saturated heterocycles. The van der Waals surface area contributed by atoms with Gasteiger partial charge in [0, 0.05) is 19.1 Å². The Morgan fingerprint density at radius 3 is 2.63 bits per heavy atom. The molecule has 2 N–H and O–H groups in total. The molecule has 1 aliphatic rings. The van der Waals surface area contributed by atoms with E-state index in [4.69, 9.17) is 0 Å². The van der Waals surface area contributed by atoms with Crippen LogP contribution in [0, 0.1) is 5.92 Å². The van der Waals surface area contributed by atoms with Gasteiger partial charge in [-0.1, -0.05) is 13.3 Å². The average Bonchev–Trinajstić information content (AvgIpc) is 2.35. The molecule has 19 heavy (non-hydrogen) atoms. The number of nitrogens with one attached hydrogen (secondary N) is 2. The molecule has 0 bridgehead atoms. The number of alkyl halides is 3. The van der Waals surface area contributed by atoms with Crippen LogP contribution in [0.2, 0.25) is 0 Å². The molecule has 0 aromatic rings. The molecule has 1 heterocycles. The lowest BCUT2D eigenvalue weighted by atomic mass is 9.90. The van der Waals surface area contributed by atoms with Gasteiger partial charge >= 0.3 is 6.18 Å². The Hall–Kier alpha value is -0.820. The Balaban J connectivity index is 2.35. The molecule has 4 nitrogen and oxygen atoms in total. The van der Waals surface area contributed by atoms with Crippen molar-refractivity contribution in [2.45, 2.75) is 32.0 Å². The second-order valence-corrected chi connectivity index (χ2v) is 4.98. The van der Waals surface area contributed by atoms with E-state index < -0.39 is 18.6 Å². The lowest BCUT2D eigenvalue weighted by Gasteiger charge is -2.37. The Morgan fingerprint density at radius 2 is 2.11 bits per heavy atom. The molecule has 1 aliphatic heterocycles. The first-order valence-corrected chi connectivity index (χ1v) is 6.58. The highest BCUT2D eigenvalue weighted by Gasteiger charge is 2.30. The number of piperidine rings is 1. The van der Waals surface area contributed by atoms with E-state index in [-0.39, 0.29) is 6.54 Å². The third-order valence-corrected chi connectivity index (χ3v) is 3.57. The SMILES string of the molecule is CCC1CN(CC(=O)NCC(F)(F)F)CCC1NC. The van der Waals surface area contributed by atoms with E-state index in [0.717, 1.165) is 25.9 Å². The fourth-order valence-electron chi connectivity index (χ4n) is 2.50. The van der Waals surface area contributed by atoms with Crippen molar-refractivity contribution in [3.63, 3.8) is 0 Å². The van der Waals surface area contributed by atoms with Crippen LogP contribution in [0.4, 0.5) is 13.2 Å². The van der Waals surface area contributed by atoms with Gasteiger partial charge < -0.3 is 10.6 Å². The molecule has 0 spiro atoms. The van der Waals surface area contributed by atoms with Gasteiger partial charge in [-0.2, -0.15) is 13.2 Å². The van der Waals surface area contributed by atoms with Gasteiger partial charge in [0.2, 0.25) is 5.91 Å². The van der Waals surface area contributed by atoms with Crippen molar-refractivity contribution in [2.24, 2.45) is 5.92 Å². The lowest BCUT2D eigenvalue weighted by Crippen LogP contribution is -2.51. The van der Waals surface area contributed by atoms with E-state index in [1.54, 1.807) is 0 Å². The molecule has 112 valence electrons. The van der Waals surface area contributed by atoms with Gasteiger partial charge in [-0.3, -0.25) is 9.69 Å². The molecule has 1 amide bonds. The normalized spacial score (nSPS) is 25.3. The summed E-state index contributed by atoms with van der Waals surface area (Å²) in [5.41, 5.74) is 0. The lowest BCUT2D eigenvalue weighted by molar-refractivity contribution is -0.139. The molecule has 1 fully saturated rings. The van der Waals surface area contributed by atoms with Crippen LogP contribution < -0.4 is 10.6 Å². The van der Waals surface area contributed by atoms with Crippen molar-refractivity contribution in [3.05, 3.63) is 0 Å². The summed E-state index contributed by atoms with van der Waals surface area (Å²) in [6.45, 7) is 2.37. The van der Waals surface area contributed by atoms with E-state index in [1.165, 1.54) is 0 Å². The second-order valence-electron chi connectivity index (χ2n) is 4.98. The molecule has 7 heteroatoms. The maximum absolute atomic E-state index is 12.0. The molecular formula is C12H22F3N3O. The number of nitrogens with zero attached hydrogens (tertiary/aromatic N) is 1. The van der Waals surface area contributed by atoms with Gasteiger partial charge in [0.05, 0.1) is 6.54 Å². The van der Waals surface area contributed by atoms with Crippen molar-refractivity contribution < 1.29 is 18.0 Å². The van der Waals surface area contributed by atoms with Gasteiger partial charge in [-0.05, 0) is 19.4 Å². The van der Waals surface area contributed by atoms with Gasteiger partial charge in [-0.25, -0.2) is 0 Å².